The molecule has 101 heavy (non-hydrogen) atoms. The van der Waals surface area contributed by atoms with Crippen molar-refractivity contribution in [3.8, 4) is 0 Å². The molecule has 576 valence electrons. The van der Waals surface area contributed by atoms with E-state index in [0.29, 0.717) is 38.8 Å². The number of aliphatic hydroxyl groups is 1. The molecule has 0 aromatic heterocycles. The number of hydrogen-bond acceptors (Lipinski definition) is 14. The summed E-state index contributed by atoms with van der Waals surface area (Å²) in [7, 11) is 8.45. The molecule has 4 fully saturated rings. The molecule has 3 saturated heterocycles. The predicted octanol–water partition coefficient (Wildman–Crippen LogP) is 4.53. The van der Waals surface area contributed by atoms with Gasteiger partial charge in [0.2, 0.25) is 70.9 Å². The van der Waals surface area contributed by atoms with Crippen molar-refractivity contribution in [3.63, 3.8) is 0 Å². The minimum absolute atomic E-state index is 0.00524. The van der Waals surface area contributed by atoms with Crippen LogP contribution in [0, 0.1) is 35.5 Å². The van der Waals surface area contributed by atoms with Crippen LogP contribution in [0.2, 0.25) is 0 Å². The first-order chi connectivity index (χ1) is 47.2. The Labute approximate surface area is 600 Å². The van der Waals surface area contributed by atoms with Crippen molar-refractivity contribution in [1.82, 2.24) is 65.8 Å². The number of carbonyl (C=O) groups excluding carboxylic acids is 12. The third-order valence-corrected chi connectivity index (χ3v) is 20.6. The molecule has 0 aromatic rings. The second-order valence-electron chi connectivity index (χ2n) is 31.3. The second kappa shape index (κ2) is 40.5. The molecule has 3 heterocycles. The van der Waals surface area contributed by atoms with E-state index < -0.39 is 188 Å². The quantitative estimate of drug-likeness (QED) is 0.104. The Kier molecular flexibility index (Phi) is 34.8. The van der Waals surface area contributed by atoms with Crippen LogP contribution in [0.5, 0.6) is 0 Å². The number of amides is 12. The number of carbonyl (C=O) groups is 12. The van der Waals surface area contributed by atoms with Crippen molar-refractivity contribution in [2.75, 3.05) is 81.6 Å². The van der Waals surface area contributed by atoms with E-state index >= 15 is 28.8 Å². The summed E-state index contributed by atoms with van der Waals surface area (Å²) in [5, 5.41) is 25.6. The van der Waals surface area contributed by atoms with Gasteiger partial charge in [0, 0.05) is 74.4 Å². The lowest BCUT2D eigenvalue weighted by Gasteiger charge is -2.39. The lowest BCUT2D eigenvalue weighted by Crippen LogP contribution is -2.62. The van der Waals surface area contributed by atoms with E-state index in [-0.39, 0.29) is 75.2 Å². The highest BCUT2D eigenvalue weighted by Crippen LogP contribution is 2.31. The lowest BCUT2D eigenvalue weighted by molar-refractivity contribution is -0.152. The molecule has 1 aliphatic carbocycles. The Hall–Kier alpha value is -6.58. The average molecular weight is 1430 g/mol. The summed E-state index contributed by atoms with van der Waals surface area (Å²) < 4.78 is 28.9. The van der Waals surface area contributed by atoms with Crippen LogP contribution < -0.4 is 26.6 Å². The Morgan fingerprint density at radius 3 is 1.53 bits per heavy atom. The Morgan fingerprint density at radius 2 is 1.04 bits per heavy atom. The number of likely N-dealkylation sites (tertiary alicyclic amines) is 1. The zero-order valence-electron chi connectivity index (χ0n) is 64.2. The van der Waals surface area contributed by atoms with Gasteiger partial charge in [-0.2, -0.15) is 0 Å². The van der Waals surface area contributed by atoms with E-state index in [1.807, 2.05) is 34.6 Å². The fraction of sp³-hybridized carbons (Fsp3) is 0.836. The molecule has 1 saturated carbocycles. The normalized spacial score (nSPS) is 27.5. The summed E-state index contributed by atoms with van der Waals surface area (Å²) in [6, 6.07) is -12.7. The van der Waals surface area contributed by atoms with Gasteiger partial charge in [0.25, 0.3) is 5.92 Å². The smallest absolute Gasteiger partial charge is 0.261 e. The van der Waals surface area contributed by atoms with Crippen LogP contribution in [0.4, 0.5) is 8.78 Å². The first kappa shape index (κ1) is 86.8. The van der Waals surface area contributed by atoms with Crippen LogP contribution in [0.25, 0.3) is 0 Å². The van der Waals surface area contributed by atoms with Crippen LogP contribution >= 0.6 is 0 Å². The zero-order chi connectivity index (χ0) is 76.1. The molecular weight excluding hydrogens is 1300 g/mol. The van der Waals surface area contributed by atoms with Gasteiger partial charge in [-0.25, -0.2) is 8.78 Å². The van der Waals surface area contributed by atoms with Gasteiger partial charge in [0.1, 0.15) is 54.4 Å². The minimum atomic E-state index is -2.95. The summed E-state index contributed by atoms with van der Waals surface area (Å²) >= 11 is 0. The predicted molar refractivity (Wildman–Crippen MR) is 381 cm³/mol. The molecule has 0 radical (unpaired) electrons. The number of alkyl halides is 2. The van der Waals surface area contributed by atoms with Gasteiger partial charge in [-0.3, -0.25) is 57.5 Å². The highest BCUT2D eigenvalue weighted by atomic mass is 19.3. The van der Waals surface area contributed by atoms with Crippen molar-refractivity contribution in [2.24, 2.45) is 35.5 Å². The van der Waals surface area contributed by atoms with Gasteiger partial charge < -0.3 is 70.9 Å². The molecule has 3 aliphatic heterocycles. The number of likely N-dealkylation sites (N-methyl/N-ethyl adjacent to an activating group) is 6. The van der Waals surface area contributed by atoms with Crippen LogP contribution in [0.15, 0.2) is 0 Å². The topological polar surface area (TPSA) is 311 Å². The standard InChI is InChI=1S/C73H127F2N13O13/c1-19-20-32-88-42-60(92)82(14)57(38-50-28-23-21-24-29-50)70(99)84(16)56(37-46(6)7)65(94)79-61(47(8)9)71(100)85(17)54(35-44(2)3)64(93)78-53(69(98)87-33-25-22-26-34-87)39-58(90)81(13)41-59(91)86(18)63(48(10)11)67(96)77-52(31-27-30-51-40-73(74,75)43-76-51)68(97)83(15)55(36-45(4)5)66(95)80-62(49(12)89)72(88)101/h44-57,61-63,76,89H,19-43H2,1-18H3,(H,77,96)(H,78,93)(H,79,94)(H,80,95)/t49-,51-,52+,53+,54+,55+,56+,57+,61+,62+,63+/m1/s1. The first-order valence-electron chi connectivity index (χ1n) is 37.4. The first-order valence-corrected chi connectivity index (χ1v) is 37.4. The van der Waals surface area contributed by atoms with Gasteiger partial charge in [-0.1, -0.05) is 115 Å². The van der Waals surface area contributed by atoms with Crippen LogP contribution in [0.1, 0.15) is 205 Å². The molecule has 28 heteroatoms. The zero-order valence-corrected chi connectivity index (χ0v) is 64.2. The molecule has 0 bridgehead atoms. The second-order valence-corrected chi connectivity index (χ2v) is 31.3. The monoisotopic (exact) mass is 1430 g/mol. The molecule has 0 spiro atoms. The van der Waals surface area contributed by atoms with E-state index in [4.69, 9.17) is 0 Å². The van der Waals surface area contributed by atoms with E-state index in [1.54, 1.807) is 46.4 Å². The molecular formula is C73H127F2N13O13. The number of nitrogens with zero attached hydrogens (tertiary/aromatic N) is 8. The Bertz CT molecular complexity index is 2800. The van der Waals surface area contributed by atoms with E-state index in [0.717, 1.165) is 53.2 Å². The average Bonchev–Trinajstić information content (AvgIpc) is 1.43. The number of unbranched alkanes of at least 4 members (excludes halogenated alkanes) is 1. The van der Waals surface area contributed by atoms with Crippen LogP contribution in [-0.4, -0.2) is 269 Å². The van der Waals surface area contributed by atoms with E-state index in [9.17, 15) is 42.7 Å². The van der Waals surface area contributed by atoms with E-state index in [1.165, 1.54) is 68.8 Å². The van der Waals surface area contributed by atoms with E-state index in [2.05, 4.69) is 26.6 Å². The fourth-order valence-electron chi connectivity index (χ4n) is 14.4. The lowest BCUT2D eigenvalue weighted by atomic mass is 9.84. The molecule has 4 aliphatic rings. The van der Waals surface area contributed by atoms with Crippen molar-refractivity contribution >= 4 is 70.9 Å². The highest BCUT2D eigenvalue weighted by Gasteiger charge is 2.45. The maximum Gasteiger partial charge on any atom is 0.261 e. The molecule has 12 amide bonds. The number of halogens is 2. The molecule has 6 N–H and O–H groups in total. The van der Waals surface area contributed by atoms with Gasteiger partial charge >= 0.3 is 0 Å². The Morgan fingerprint density at radius 1 is 0.535 bits per heavy atom. The summed E-state index contributed by atoms with van der Waals surface area (Å²) in [5.74, 6) is -13.3. The SMILES string of the molecule is CCCCN1CC(=O)N(C)[C@@H](CC2CCCCC2)C(=O)N(C)[C@@H](CC(C)C)C(=O)N[C@@H](C(C)C)C(=O)N(C)[C@@H](CC(C)C)C(=O)N[C@H](C(=O)N2CCCCC2)CC(=O)N(C)CC(=O)N(C)[C@@H](C(C)C)C(=O)N[C@@H](CCC[C@@H]2CC(F)(F)CN2)C(=O)N(C)[C@@H](CC(C)C)C(=O)N[C@@H]([C@@H](C)O)C1=O. The van der Waals surface area contributed by atoms with Gasteiger partial charge in [-0.15, -0.1) is 0 Å². The summed E-state index contributed by atoms with van der Waals surface area (Å²) in [5.41, 5.74) is 0. The summed E-state index contributed by atoms with van der Waals surface area (Å²) in [4.78, 5) is 189. The van der Waals surface area contributed by atoms with Crippen molar-refractivity contribution in [3.05, 3.63) is 0 Å². The number of aliphatic hydroxyl groups excluding tert-OH is 1. The molecule has 4 rings (SSSR count). The number of piperidine rings is 1. The van der Waals surface area contributed by atoms with Crippen molar-refractivity contribution < 1.29 is 71.4 Å². The summed E-state index contributed by atoms with van der Waals surface area (Å²) in [6.45, 7) is 20.0. The molecule has 11 atom stereocenters. The maximum atomic E-state index is 15.5. The van der Waals surface area contributed by atoms with Gasteiger partial charge in [-0.05, 0) is 113 Å². The minimum Gasteiger partial charge on any atom is -0.391 e. The van der Waals surface area contributed by atoms with Gasteiger partial charge in [0.15, 0.2) is 0 Å². The molecule has 0 unspecified atom stereocenters. The van der Waals surface area contributed by atoms with Gasteiger partial charge in [0.05, 0.1) is 32.2 Å². The highest BCUT2D eigenvalue weighted by molar-refractivity contribution is 6.00. The Balaban J connectivity index is 1.94. The molecule has 0 aromatic carbocycles. The van der Waals surface area contributed by atoms with Crippen LogP contribution in [-0.2, 0) is 57.5 Å². The maximum absolute atomic E-state index is 15.5. The number of nitrogens with one attached hydrogen (secondary N) is 5. The molecule has 26 nitrogen and oxygen atoms in total. The fourth-order valence-corrected chi connectivity index (χ4v) is 14.4. The third-order valence-electron chi connectivity index (χ3n) is 20.6. The number of rotatable bonds is 19. The van der Waals surface area contributed by atoms with Crippen molar-refractivity contribution in [1.29, 1.82) is 0 Å². The third kappa shape index (κ3) is 25.7. The summed E-state index contributed by atoms with van der Waals surface area (Å²) in [6.07, 6.45) is 5.58. The number of hydrogen-bond donors (Lipinski definition) is 6. The van der Waals surface area contributed by atoms with Crippen molar-refractivity contribution in [2.45, 2.75) is 278 Å². The largest absolute Gasteiger partial charge is 0.391 e. The van der Waals surface area contributed by atoms with Crippen LogP contribution in [0.3, 0.4) is 0 Å².